The van der Waals surface area contributed by atoms with Crippen LogP contribution in [0.15, 0.2) is 24.3 Å². The summed E-state index contributed by atoms with van der Waals surface area (Å²) in [5, 5.41) is 11.3. The Labute approximate surface area is 106 Å². The molecule has 0 aliphatic rings. The van der Waals surface area contributed by atoms with E-state index in [-0.39, 0.29) is 17.3 Å². The van der Waals surface area contributed by atoms with Crippen LogP contribution in [0.1, 0.15) is 16.2 Å². The number of hydrogen-bond donors (Lipinski definition) is 2. The van der Waals surface area contributed by atoms with Crippen molar-refractivity contribution in [2.45, 2.75) is 6.92 Å². The molecule has 2 rings (SSSR count). The second-order valence-electron chi connectivity index (χ2n) is 3.77. The van der Waals surface area contributed by atoms with Gasteiger partial charge in [0, 0.05) is 11.8 Å². The molecule has 0 fully saturated rings. The zero-order valence-electron chi connectivity index (χ0n) is 9.82. The SMILES string of the molecule is Cc1cc(C(=O)O)nc(Nc2cc(F)ccc2F)n1. The maximum Gasteiger partial charge on any atom is 0.354 e. The van der Waals surface area contributed by atoms with Crippen LogP contribution in [0.5, 0.6) is 0 Å². The first kappa shape index (κ1) is 12.9. The van der Waals surface area contributed by atoms with Crippen LogP contribution in [-0.4, -0.2) is 21.0 Å². The smallest absolute Gasteiger partial charge is 0.354 e. The lowest BCUT2D eigenvalue weighted by Crippen LogP contribution is -2.07. The first-order chi connectivity index (χ1) is 8.95. The number of aromatic nitrogens is 2. The summed E-state index contributed by atoms with van der Waals surface area (Å²) in [6.07, 6.45) is 0. The molecule has 0 aliphatic carbocycles. The normalized spacial score (nSPS) is 10.3. The molecule has 1 aromatic heterocycles. The molecule has 1 aromatic carbocycles. The van der Waals surface area contributed by atoms with Crippen molar-refractivity contribution in [1.29, 1.82) is 0 Å². The largest absolute Gasteiger partial charge is 0.477 e. The summed E-state index contributed by atoms with van der Waals surface area (Å²) in [5.41, 5.74) is 0.000427. The van der Waals surface area contributed by atoms with Crippen molar-refractivity contribution < 1.29 is 18.7 Å². The van der Waals surface area contributed by atoms with E-state index < -0.39 is 17.6 Å². The average Bonchev–Trinajstić information content (AvgIpc) is 2.33. The standard InChI is InChI=1S/C12H9F2N3O2/c1-6-4-10(11(18)19)17-12(15-6)16-9-5-7(13)2-3-8(9)14/h2-5H,1H3,(H,18,19)(H,15,16,17). The van der Waals surface area contributed by atoms with Gasteiger partial charge in [-0.15, -0.1) is 0 Å². The van der Waals surface area contributed by atoms with Gasteiger partial charge in [-0.1, -0.05) is 0 Å². The van der Waals surface area contributed by atoms with E-state index in [1.165, 1.54) is 6.07 Å². The molecule has 0 bridgehead atoms. The zero-order chi connectivity index (χ0) is 14.0. The fraction of sp³-hybridized carbons (Fsp3) is 0.0833. The van der Waals surface area contributed by atoms with Crippen molar-refractivity contribution in [3.8, 4) is 0 Å². The molecular formula is C12H9F2N3O2. The number of aromatic carboxylic acids is 1. The minimum Gasteiger partial charge on any atom is -0.477 e. The molecule has 1 heterocycles. The Hall–Kier alpha value is -2.57. The minimum atomic E-state index is -1.23. The first-order valence-electron chi connectivity index (χ1n) is 5.27. The van der Waals surface area contributed by atoms with Gasteiger partial charge >= 0.3 is 5.97 Å². The number of anilines is 2. The Morgan fingerprint density at radius 2 is 2.00 bits per heavy atom. The van der Waals surface area contributed by atoms with Crippen molar-refractivity contribution in [3.05, 3.63) is 47.3 Å². The number of carbonyl (C=O) groups is 1. The molecule has 0 saturated carbocycles. The van der Waals surface area contributed by atoms with Crippen molar-refractivity contribution in [1.82, 2.24) is 9.97 Å². The van der Waals surface area contributed by atoms with Crippen LogP contribution in [0, 0.1) is 18.6 Å². The maximum atomic E-state index is 13.4. The third-order valence-electron chi connectivity index (χ3n) is 2.25. The Morgan fingerprint density at radius 3 is 2.68 bits per heavy atom. The molecule has 5 nitrogen and oxygen atoms in total. The first-order valence-corrected chi connectivity index (χ1v) is 5.27. The zero-order valence-corrected chi connectivity index (χ0v) is 9.82. The summed E-state index contributed by atoms with van der Waals surface area (Å²) >= 11 is 0. The molecule has 98 valence electrons. The third kappa shape index (κ3) is 3.01. The number of nitrogens with one attached hydrogen (secondary N) is 1. The van der Waals surface area contributed by atoms with E-state index in [2.05, 4.69) is 15.3 Å². The highest BCUT2D eigenvalue weighted by Gasteiger charge is 2.10. The highest BCUT2D eigenvalue weighted by Crippen LogP contribution is 2.19. The number of benzene rings is 1. The molecule has 0 atom stereocenters. The van der Waals surface area contributed by atoms with E-state index in [1.54, 1.807) is 6.92 Å². The van der Waals surface area contributed by atoms with Crippen LogP contribution in [0.25, 0.3) is 0 Å². The highest BCUT2D eigenvalue weighted by molar-refractivity contribution is 5.85. The van der Waals surface area contributed by atoms with E-state index >= 15 is 0 Å². The van der Waals surface area contributed by atoms with Crippen molar-refractivity contribution >= 4 is 17.6 Å². The molecule has 7 heteroatoms. The summed E-state index contributed by atoms with van der Waals surface area (Å²) < 4.78 is 26.4. The second kappa shape index (κ2) is 4.97. The summed E-state index contributed by atoms with van der Waals surface area (Å²) in [5.74, 6) is -2.66. The van der Waals surface area contributed by atoms with Crippen molar-refractivity contribution in [2.75, 3.05) is 5.32 Å². The molecule has 0 unspecified atom stereocenters. The molecule has 0 spiro atoms. The van der Waals surface area contributed by atoms with Crippen molar-refractivity contribution in [3.63, 3.8) is 0 Å². The van der Waals surface area contributed by atoms with Gasteiger partial charge in [-0.05, 0) is 25.1 Å². The maximum absolute atomic E-state index is 13.4. The lowest BCUT2D eigenvalue weighted by atomic mass is 10.3. The van der Waals surface area contributed by atoms with E-state index in [4.69, 9.17) is 5.11 Å². The van der Waals surface area contributed by atoms with Gasteiger partial charge < -0.3 is 10.4 Å². The van der Waals surface area contributed by atoms with E-state index in [1.807, 2.05) is 0 Å². The summed E-state index contributed by atoms with van der Waals surface area (Å²) in [7, 11) is 0. The van der Waals surface area contributed by atoms with Crippen molar-refractivity contribution in [2.24, 2.45) is 0 Å². The predicted molar refractivity (Wildman–Crippen MR) is 63.4 cm³/mol. The molecule has 19 heavy (non-hydrogen) atoms. The number of rotatable bonds is 3. The van der Waals surface area contributed by atoms with Gasteiger partial charge in [0.2, 0.25) is 5.95 Å². The Morgan fingerprint density at radius 1 is 1.26 bits per heavy atom. The van der Waals surface area contributed by atoms with Gasteiger partial charge in [0.25, 0.3) is 0 Å². The molecule has 2 N–H and O–H groups in total. The van der Waals surface area contributed by atoms with Crippen LogP contribution >= 0.6 is 0 Å². The van der Waals surface area contributed by atoms with Crippen LogP contribution in [0.4, 0.5) is 20.4 Å². The van der Waals surface area contributed by atoms with Crippen LogP contribution < -0.4 is 5.32 Å². The molecule has 0 aliphatic heterocycles. The molecule has 0 saturated heterocycles. The monoisotopic (exact) mass is 265 g/mol. The number of hydrogen-bond acceptors (Lipinski definition) is 4. The topological polar surface area (TPSA) is 75.1 Å². The fourth-order valence-corrected chi connectivity index (χ4v) is 1.45. The van der Waals surface area contributed by atoms with Gasteiger partial charge in [0.15, 0.2) is 5.69 Å². The van der Waals surface area contributed by atoms with Crippen LogP contribution in [0.2, 0.25) is 0 Å². The van der Waals surface area contributed by atoms with E-state index in [0.29, 0.717) is 5.69 Å². The number of nitrogens with zero attached hydrogens (tertiary/aromatic N) is 2. The summed E-state index contributed by atoms with van der Waals surface area (Å²) in [6.45, 7) is 1.57. The summed E-state index contributed by atoms with van der Waals surface area (Å²) in [4.78, 5) is 18.4. The minimum absolute atomic E-state index is 0.109. The second-order valence-corrected chi connectivity index (χ2v) is 3.77. The lowest BCUT2D eigenvalue weighted by molar-refractivity contribution is 0.0690. The lowest BCUT2D eigenvalue weighted by Gasteiger charge is -2.07. The summed E-state index contributed by atoms with van der Waals surface area (Å²) in [6, 6.07) is 4.13. The molecule has 0 amide bonds. The number of carboxylic acid groups (broad SMARTS) is 1. The average molecular weight is 265 g/mol. The third-order valence-corrected chi connectivity index (χ3v) is 2.25. The Kier molecular flexibility index (Phi) is 3.37. The molecule has 2 aromatic rings. The Balaban J connectivity index is 2.38. The molecular weight excluding hydrogens is 256 g/mol. The van der Waals surface area contributed by atoms with Crippen LogP contribution in [-0.2, 0) is 0 Å². The van der Waals surface area contributed by atoms with Gasteiger partial charge in [-0.25, -0.2) is 23.5 Å². The van der Waals surface area contributed by atoms with E-state index in [0.717, 1.165) is 18.2 Å². The fourth-order valence-electron chi connectivity index (χ4n) is 1.45. The predicted octanol–water partition coefficient (Wildman–Crippen LogP) is 2.51. The van der Waals surface area contributed by atoms with Gasteiger partial charge in [0.05, 0.1) is 5.69 Å². The number of halogens is 2. The highest BCUT2D eigenvalue weighted by atomic mass is 19.1. The number of aryl methyl sites for hydroxylation is 1. The Bertz CT molecular complexity index is 647. The van der Waals surface area contributed by atoms with Gasteiger partial charge in [-0.3, -0.25) is 0 Å². The van der Waals surface area contributed by atoms with E-state index in [9.17, 15) is 13.6 Å². The molecule has 0 radical (unpaired) electrons. The van der Waals surface area contributed by atoms with Crippen LogP contribution in [0.3, 0.4) is 0 Å². The number of carboxylic acids is 1. The van der Waals surface area contributed by atoms with Gasteiger partial charge in [0.1, 0.15) is 11.6 Å². The van der Waals surface area contributed by atoms with Gasteiger partial charge in [-0.2, -0.15) is 0 Å². The quantitative estimate of drug-likeness (QED) is 0.891.